The fourth-order valence-corrected chi connectivity index (χ4v) is 1.89. The molecule has 0 bridgehead atoms. The smallest absolute Gasteiger partial charge is 0.213 e. The zero-order chi connectivity index (χ0) is 14.4. The first-order valence-corrected chi connectivity index (χ1v) is 7.62. The van der Waals surface area contributed by atoms with Gasteiger partial charge in [-0.1, -0.05) is 25.4 Å². The van der Waals surface area contributed by atoms with Crippen molar-refractivity contribution in [1.29, 1.82) is 0 Å². The normalized spacial score (nSPS) is 14.8. The third kappa shape index (κ3) is 5.65. The van der Waals surface area contributed by atoms with Crippen LogP contribution in [0.2, 0.25) is 5.02 Å². The maximum Gasteiger partial charge on any atom is 0.213 e. The van der Waals surface area contributed by atoms with Gasteiger partial charge in [0.2, 0.25) is 5.88 Å². The Hall–Kier alpha value is -0.840. The third-order valence-corrected chi connectivity index (χ3v) is 3.30. The van der Waals surface area contributed by atoms with Crippen LogP contribution in [0.4, 0.5) is 0 Å². The van der Waals surface area contributed by atoms with Gasteiger partial charge in [-0.05, 0) is 24.8 Å². The highest BCUT2D eigenvalue weighted by Crippen LogP contribution is 2.22. The average Bonchev–Trinajstić information content (AvgIpc) is 3.22. The van der Waals surface area contributed by atoms with Gasteiger partial charge in [0.15, 0.2) is 0 Å². The Labute approximate surface area is 125 Å². The zero-order valence-corrected chi connectivity index (χ0v) is 12.9. The standard InChI is InChI=1S/C15H23ClN2O2/c1-11(2)10-19-7-8-20-15-6-5-13(16)14(18-15)9-17-12-3-4-12/h5-6,11-12,17H,3-4,7-10H2,1-2H3. The summed E-state index contributed by atoms with van der Waals surface area (Å²) in [7, 11) is 0. The number of halogens is 1. The van der Waals surface area contributed by atoms with E-state index < -0.39 is 0 Å². The molecule has 20 heavy (non-hydrogen) atoms. The van der Waals surface area contributed by atoms with Crippen LogP contribution in [0, 0.1) is 5.92 Å². The van der Waals surface area contributed by atoms with Crippen molar-refractivity contribution in [2.45, 2.75) is 39.3 Å². The van der Waals surface area contributed by atoms with Crippen LogP contribution in [-0.2, 0) is 11.3 Å². The highest BCUT2D eigenvalue weighted by molar-refractivity contribution is 6.31. The maximum atomic E-state index is 6.14. The lowest BCUT2D eigenvalue weighted by molar-refractivity contribution is 0.0805. The first-order valence-electron chi connectivity index (χ1n) is 7.24. The van der Waals surface area contributed by atoms with Gasteiger partial charge in [-0.15, -0.1) is 0 Å². The summed E-state index contributed by atoms with van der Waals surface area (Å²) in [5.41, 5.74) is 0.846. The predicted octanol–water partition coefficient (Wildman–Crippen LogP) is 3.04. The number of pyridine rings is 1. The highest BCUT2D eigenvalue weighted by atomic mass is 35.5. The van der Waals surface area contributed by atoms with Crippen molar-refractivity contribution in [3.63, 3.8) is 0 Å². The highest BCUT2D eigenvalue weighted by Gasteiger charge is 2.20. The Morgan fingerprint density at radius 2 is 2.15 bits per heavy atom. The zero-order valence-electron chi connectivity index (χ0n) is 12.2. The number of ether oxygens (including phenoxy) is 2. The molecule has 2 rings (SSSR count). The average molecular weight is 299 g/mol. The molecular weight excluding hydrogens is 276 g/mol. The summed E-state index contributed by atoms with van der Waals surface area (Å²) in [5, 5.41) is 4.08. The van der Waals surface area contributed by atoms with Crippen LogP contribution in [0.25, 0.3) is 0 Å². The summed E-state index contributed by atoms with van der Waals surface area (Å²) >= 11 is 6.14. The second-order valence-corrected chi connectivity index (χ2v) is 5.96. The first-order chi connectivity index (χ1) is 9.65. The van der Waals surface area contributed by atoms with Gasteiger partial charge in [0.1, 0.15) is 6.61 Å². The van der Waals surface area contributed by atoms with Gasteiger partial charge in [-0.2, -0.15) is 0 Å². The van der Waals surface area contributed by atoms with Crippen molar-refractivity contribution in [3.05, 3.63) is 22.8 Å². The number of nitrogens with zero attached hydrogens (tertiary/aromatic N) is 1. The lowest BCUT2D eigenvalue weighted by atomic mass is 10.2. The molecule has 0 radical (unpaired) electrons. The van der Waals surface area contributed by atoms with Crippen molar-refractivity contribution < 1.29 is 9.47 Å². The quantitative estimate of drug-likeness (QED) is 0.712. The van der Waals surface area contributed by atoms with Crippen LogP contribution < -0.4 is 10.1 Å². The van der Waals surface area contributed by atoms with Gasteiger partial charge in [-0.25, -0.2) is 4.98 Å². The van der Waals surface area contributed by atoms with E-state index >= 15 is 0 Å². The molecule has 5 heteroatoms. The first kappa shape index (κ1) is 15.5. The SMILES string of the molecule is CC(C)COCCOc1ccc(Cl)c(CNC2CC2)n1. The van der Waals surface area contributed by atoms with Crippen LogP contribution in [-0.4, -0.2) is 30.8 Å². The number of nitrogens with one attached hydrogen (secondary N) is 1. The number of aromatic nitrogens is 1. The molecule has 4 nitrogen and oxygen atoms in total. The Balaban J connectivity index is 1.74. The van der Waals surface area contributed by atoms with Crippen molar-refractivity contribution >= 4 is 11.6 Å². The Morgan fingerprint density at radius 1 is 1.35 bits per heavy atom. The second-order valence-electron chi connectivity index (χ2n) is 5.55. The molecule has 0 atom stereocenters. The Bertz CT molecular complexity index is 422. The monoisotopic (exact) mass is 298 g/mol. The predicted molar refractivity (Wildman–Crippen MR) is 80.3 cm³/mol. The van der Waals surface area contributed by atoms with Gasteiger partial charge >= 0.3 is 0 Å². The fourth-order valence-electron chi connectivity index (χ4n) is 1.72. The summed E-state index contributed by atoms with van der Waals surface area (Å²) in [6, 6.07) is 4.27. The molecule has 112 valence electrons. The van der Waals surface area contributed by atoms with E-state index in [1.54, 1.807) is 6.07 Å². The molecule has 1 aromatic rings. The molecule has 1 aromatic heterocycles. The molecule has 0 aromatic carbocycles. The van der Waals surface area contributed by atoms with Crippen LogP contribution in [0.5, 0.6) is 5.88 Å². The lowest BCUT2D eigenvalue weighted by Gasteiger charge is -2.10. The van der Waals surface area contributed by atoms with Crippen LogP contribution in [0.1, 0.15) is 32.4 Å². The van der Waals surface area contributed by atoms with E-state index in [-0.39, 0.29) is 0 Å². The molecule has 0 unspecified atom stereocenters. The number of hydrogen-bond acceptors (Lipinski definition) is 4. The van der Waals surface area contributed by atoms with E-state index in [0.29, 0.717) is 42.6 Å². The fraction of sp³-hybridized carbons (Fsp3) is 0.667. The molecule has 1 fully saturated rings. The molecule has 0 saturated heterocycles. The Kier molecular flexibility index (Phi) is 6.07. The summed E-state index contributed by atoms with van der Waals surface area (Å²) in [6.45, 7) is 6.80. The summed E-state index contributed by atoms with van der Waals surface area (Å²) < 4.78 is 11.1. The minimum atomic E-state index is 0.511. The topological polar surface area (TPSA) is 43.4 Å². The molecule has 1 aliphatic carbocycles. The van der Waals surface area contributed by atoms with Gasteiger partial charge in [0.25, 0.3) is 0 Å². The molecule has 0 spiro atoms. The number of hydrogen-bond donors (Lipinski definition) is 1. The van der Waals surface area contributed by atoms with Crippen LogP contribution in [0.3, 0.4) is 0 Å². The van der Waals surface area contributed by atoms with E-state index in [4.69, 9.17) is 21.1 Å². The molecule has 0 aliphatic heterocycles. The second kappa shape index (κ2) is 7.81. The third-order valence-electron chi connectivity index (χ3n) is 2.96. The van der Waals surface area contributed by atoms with E-state index in [2.05, 4.69) is 24.1 Å². The number of rotatable bonds is 9. The molecule has 0 amide bonds. The molecule has 1 aliphatic rings. The van der Waals surface area contributed by atoms with Crippen LogP contribution in [0.15, 0.2) is 12.1 Å². The van der Waals surface area contributed by atoms with Gasteiger partial charge in [0.05, 0.1) is 17.3 Å². The van der Waals surface area contributed by atoms with E-state index in [0.717, 1.165) is 12.3 Å². The van der Waals surface area contributed by atoms with Crippen molar-refractivity contribution in [2.75, 3.05) is 19.8 Å². The molecular formula is C15H23ClN2O2. The van der Waals surface area contributed by atoms with Crippen molar-refractivity contribution in [1.82, 2.24) is 10.3 Å². The lowest BCUT2D eigenvalue weighted by Crippen LogP contribution is -2.17. The molecule has 1 heterocycles. The largest absolute Gasteiger partial charge is 0.475 e. The van der Waals surface area contributed by atoms with Crippen LogP contribution >= 0.6 is 11.6 Å². The molecule has 1 saturated carbocycles. The van der Waals surface area contributed by atoms with Gasteiger partial charge in [0, 0.05) is 25.3 Å². The van der Waals surface area contributed by atoms with Gasteiger partial charge < -0.3 is 14.8 Å². The van der Waals surface area contributed by atoms with Crippen molar-refractivity contribution in [3.8, 4) is 5.88 Å². The minimum absolute atomic E-state index is 0.511. The molecule has 1 N–H and O–H groups in total. The van der Waals surface area contributed by atoms with E-state index in [1.807, 2.05) is 6.07 Å². The Morgan fingerprint density at radius 3 is 2.85 bits per heavy atom. The van der Waals surface area contributed by atoms with Gasteiger partial charge in [-0.3, -0.25) is 0 Å². The van der Waals surface area contributed by atoms with E-state index in [1.165, 1.54) is 12.8 Å². The summed E-state index contributed by atoms with van der Waals surface area (Å²) in [6.07, 6.45) is 2.50. The van der Waals surface area contributed by atoms with E-state index in [9.17, 15) is 0 Å². The minimum Gasteiger partial charge on any atom is -0.475 e. The summed E-state index contributed by atoms with van der Waals surface area (Å²) in [5.74, 6) is 1.15. The van der Waals surface area contributed by atoms with Crippen molar-refractivity contribution in [2.24, 2.45) is 5.92 Å². The summed E-state index contributed by atoms with van der Waals surface area (Å²) in [4.78, 5) is 4.43. The maximum absolute atomic E-state index is 6.14.